The summed E-state index contributed by atoms with van der Waals surface area (Å²) in [6.07, 6.45) is 0. The molecule has 4 nitrogen and oxygen atoms in total. The van der Waals surface area contributed by atoms with Gasteiger partial charge in [0.05, 0.1) is 0 Å². The highest BCUT2D eigenvalue weighted by atomic mass is 16.8. The fourth-order valence-corrected chi connectivity index (χ4v) is 2.10. The third-order valence-corrected chi connectivity index (χ3v) is 3.26. The first-order chi connectivity index (χ1) is 9.65. The summed E-state index contributed by atoms with van der Waals surface area (Å²) < 4.78 is 4.78. The predicted octanol–water partition coefficient (Wildman–Crippen LogP) is 3.26. The lowest BCUT2D eigenvalue weighted by atomic mass is 10.0. The normalized spacial score (nSPS) is 10.7. The molecular weight excluding hydrogens is 252 g/mol. The summed E-state index contributed by atoms with van der Waals surface area (Å²) >= 11 is 0. The van der Waals surface area contributed by atoms with Crippen molar-refractivity contribution in [1.29, 1.82) is 0 Å². The lowest BCUT2D eigenvalue weighted by Crippen LogP contribution is -2.25. The molecule has 0 aliphatic rings. The molecule has 0 fully saturated rings. The van der Waals surface area contributed by atoms with Crippen molar-refractivity contribution in [3.05, 3.63) is 64.9 Å². The van der Waals surface area contributed by atoms with Gasteiger partial charge in [-0.3, -0.25) is 4.63 Å². The molecule has 0 N–H and O–H groups in total. The van der Waals surface area contributed by atoms with Gasteiger partial charge in [-0.2, -0.15) is 0 Å². The Morgan fingerprint density at radius 2 is 1.35 bits per heavy atom. The first-order valence-electron chi connectivity index (χ1n) is 6.39. The van der Waals surface area contributed by atoms with Crippen LogP contribution in [-0.2, 0) is 0 Å². The van der Waals surface area contributed by atoms with Gasteiger partial charge in [0.1, 0.15) is 0 Å². The smallest absolute Gasteiger partial charge is 0.256 e. The maximum absolute atomic E-state index is 11.9. The summed E-state index contributed by atoms with van der Waals surface area (Å²) in [7, 11) is 0. The van der Waals surface area contributed by atoms with Crippen LogP contribution < -0.4 is 4.90 Å². The zero-order chi connectivity index (χ0) is 14.1. The zero-order valence-electron chi connectivity index (χ0n) is 11.3. The largest absolute Gasteiger partial charge is 0.359 e. The number of benzene rings is 2. The molecule has 0 aliphatic heterocycles. The van der Waals surface area contributed by atoms with Gasteiger partial charge in [0.25, 0.3) is 5.69 Å². The lowest BCUT2D eigenvalue weighted by molar-refractivity contribution is -0.793. The Morgan fingerprint density at radius 3 is 1.90 bits per heavy atom. The summed E-state index contributed by atoms with van der Waals surface area (Å²) in [6, 6.07) is 15.6. The maximum Gasteiger partial charge on any atom is 0.256 e. The fourth-order valence-electron chi connectivity index (χ4n) is 2.10. The van der Waals surface area contributed by atoms with Crippen molar-refractivity contribution < 1.29 is 9.53 Å². The van der Waals surface area contributed by atoms with Crippen molar-refractivity contribution in [1.82, 2.24) is 5.16 Å². The molecule has 2 aromatic carbocycles. The van der Waals surface area contributed by atoms with E-state index in [4.69, 9.17) is 4.63 Å². The molecule has 0 bridgehead atoms. The predicted molar refractivity (Wildman–Crippen MR) is 75.8 cm³/mol. The number of rotatable bonds is 2. The quantitative estimate of drug-likeness (QED) is 0.669. The Bertz CT molecular complexity index is 728. The van der Waals surface area contributed by atoms with Crippen LogP contribution in [0.1, 0.15) is 11.1 Å². The molecule has 100 valence electrons. The minimum absolute atomic E-state index is 0.439. The third-order valence-electron chi connectivity index (χ3n) is 3.26. The minimum Gasteiger partial charge on any atom is -0.359 e. The number of hydrogen-bond donors (Lipinski definition) is 0. The summed E-state index contributed by atoms with van der Waals surface area (Å²) in [6.45, 7) is 4.02. The van der Waals surface area contributed by atoms with Crippen LogP contribution in [0, 0.1) is 19.1 Å². The Labute approximate surface area is 116 Å². The number of aryl methyl sites for hydroxylation is 2. The van der Waals surface area contributed by atoms with Gasteiger partial charge in [0.2, 0.25) is 5.69 Å². The molecule has 4 heteroatoms. The molecule has 0 unspecified atom stereocenters. The van der Waals surface area contributed by atoms with Crippen LogP contribution in [0.2, 0.25) is 0 Å². The molecule has 1 aromatic heterocycles. The molecule has 0 saturated heterocycles. The minimum atomic E-state index is 0.439. The number of nitrogens with zero attached hydrogens (tertiary/aromatic N) is 2. The highest BCUT2D eigenvalue weighted by Gasteiger charge is 2.22. The highest BCUT2D eigenvalue weighted by Crippen LogP contribution is 2.28. The number of aromatic nitrogens is 2. The molecule has 0 atom stereocenters. The SMILES string of the molecule is Cc1ccc(-c2no[n+]([O-])c2-c2ccc(C)cc2)cc1. The summed E-state index contributed by atoms with van der Waals surface area (Å²) in [5, 5.41) is 15.7. The summed E-state index contributed by atoms with van der Waals surface area (Å²) in [5.41, 5.74) is 4.95. The van der Waals surface area contributed by atoms with E-state index in [9.17, 15) is 5.21 Å². The Hall–Kier alpha value is -2.62. The molecular formula is C16H14N2O2. The van der Waals surface area contributed by atoms with E-state index in [1.807, 2.05) is 62.4 Å². The van der Waals surface area contributed by atoms with E-state index in [2.05, 4.69) is 5.16 Å². The van der Waals surface area contributed by atoms with Crippen LogP contribution in [0.5, 0.6) is 0 Å². The fraction of sp³-hybridized carbons (Fsp3) is 0.125. The van der Waals surface area contributed by atoms with Crippen LogP contribution >= 0.6 is 0 Å². The standard InChI is InChI=1S/C16H14N2O2/c1-11-3-7-13(8-4-11)15-16(18(19)20-17-15)14-9-5-12(2)6-10-14/h3-10H,1-2H3. The Morgan fingerprint density at radius 1 is 0.850 bits per heavy atom. The second-order valence-electron chi connectivity index (χ2n) is 4.86. The summed E-state index contributed by atoms with van der Waals surface area (Å²) in [4.78, 5) is 0.458. The van der Waals surface area contributed by atoms with Gasteiger partial charge in [-0.05, 0) is 18.8 Å². The molecule has 0 spiro atoms. The topological polar surface area (TPSA) is 53.0 Å². The average Bonchev–Trinajstić information content (AvgIpc) is 2.83. The average molecular weight is 266 g/mol. The van der Waals surface area contributed by atoms with Gasteiger partial charge in [-0.1, -0.05) is 59.7 Å². The molecule has 20 heavy (non-hydrogen) atoms. The van der Waals surface area contributed by atoms with Gasteiger partial charge >= 0.3 is 0 Å². The van der Waals surface area contributed by atoms with Crippen LogP contribution in [-0.4, -0.2) is 5.16 Å². The van der Waals surface area contributed by atoms with Crippen molar-refractivity contribution >= 4 is 0 Å². The maximum atomic E-state index is 11.9. The molecule has 0 radical (unpaired) electrons. The second-order valence-corrected chi connectivity index (χ2v) is 4.86. The van der Waals surface area contributed by atoms with Crippen molar-refractivity contribution in [2.75, 3.05) is 0 Å². The van der Waals surface area contributed by atoms with Crippen LogP contribution in [0.3, 0.4) is 0 Å². The third kappa shape index (κ3) is 2.16. The van der Waals surface area contributed by atoms with Gasteiger partial charge in [-0.15, -0.1) is 0 Å². The van der Waals surface area contributed by atoms with E-state index < -0.39 is 0 Å². The van der Waals surface area contributed by atoms with E-state index in [1.54, 1.807) is 0 Å². The summed E-state index contributed by atoms with van der Waals surface area (Å²) in [5.74, 6) is 0. The Kier molecular flexibility index (Phi) is 2.99. The van der Waals surface area contributed by atoms with Crippen LogP contribution in [0.4, 0.5) is 0 Å². The molecule has 1 heterocycles. The highest BCUT2D eigenvalue weighted by molar-refractivity contribution is 5.75. The monoisotopic (exact) mass is 266 g/mol. The van der Waals surface area contributed by atoms with E-state index >= 15 is 0 Å². The van der Waals surface area contributed by atoms with E-state index in [-0.39, 0.29) is 0 Å². The first kappa shape index (κ1) is 12.4. The molecule has 3 rings (SSSR count). The van der Waals surface area contributed by atoms with Crippen LogP contribution in [0.25, 0.3) is 22.5 Å². The molecule has 0 saturated carbocycles. The number of hydrogen-bond acceptors (Lipinski definition) is 3. The van der Waals surface area contributed by atoms with Gasteiger partial charge in [-0.25, -0.2) is 0 Å². The first-order valence-corrected chi connectivity index (χ1v) is 6.39. The van der Waals surface area contributed by atoms with Gasteiger partial charge in [0.15, 0.2) is 0 Å². The Balaban J connectivity index is 2.14. The van der Waals surface area contributed by atoms with Crippen LogP contribution in [0.15, 0.2) is 53.2 Å². The second kappa shape index (κ2) is 4.81. The lowest BCUT2D eigenvalue weighted by Gasteiger charge is -2.00. The van der Waals surface area contributed by atoms with E-state index in [0.29, 0.717) is 16.3 Å². The van der Waals surface area contributed by atoms with E-state index in [0.717, 1.165) is 22.3 Å². The van der Waals surface area contributed by atoms with Gasteiger partial charge in [0, 0.05) is 16.3 Å². The molecule has 0 aliphatic carbocycles. The van der Waals surface area contributed by atoms with Crippen molar-refractivity contribution in [3.63, 3.8) is 0 Å². The van der Waals surface area contributed by atoms with Gasteiger partial charge < -0.3 is 5.21 Å². The zero-order valence-corrected chi connectivity index (χ0v) is 11.3. The van der Waals surface area contributed by atoms with Crippen molar-refractivity contribution in [2.24, 2.45) is 0 Å². The van der Waals surface area contributed by atoms with Crippen molar-refractivity contribution in [2.45, 2.75) is 13.8 Å². The molecule has 3 aromatic rings. The van der Waals surface area contributed by atoms with E-state index in [1.165, 1.54) is 0 Å². The van der Waals surface area contributed by atoms with Crippen molar-refractivity contribution in [3.8, 4) is 22.5 Å². The molecule has 0 amide bonds.